The number of nitrogens with zero attached hydrogens (tertiary/aromatic N) is 2. The van der Waals surface area contributed by atoms with Crippen LogP contribution in [0.4, 0.5) is 5.69 Å². The van der Waals surface area contributed by atoms with E-state index in [2.05, 4.69) is 42.1 Å². The molecule has 2 aliphatic rings. The molecule has 1 aromatic carbocycles. The highest BCUT2D eigenvalue weighted by Gasteiger charge is 2.35. The summed E-state index contributed by atoms with van der Waals surface area (Å²) in [5, 5.41) is 0. The molecule has 3 rings (SSSR count). The summed E-state index contributed by atoms with van der Waals surface area (Å²) in [4.78, 5) is 4.59. The van der Waals surface area contributed by atoms with Crippen molar-refractivity contribution in [2.24, 2.45) is 0 Å². The fraction of sp³-hybridized carbons (Fsp3) is 0.579. The molecule has 1 atom stereocenters. The van der Waals surface area contributed by atoms with Crippen LogP contribution in [0.15, 0.2) is 30.0 Å². The van der Waals surface area contributed by atoms with Gasteiger partial charge < -0.3 is 14.5 Å². The van der Waals surface area contributed by atoms with E-state index in [1.165, 1.54) is 16.9 Å². The van der Waals surface area contributed by atoms with Gasteiger partial charge in [0, 0.05) is 23.8 Å². The first-order valence-electron chi connectivity index (χ1n) is 8.92. The molecule has 0 radical (unpaired) electrons. The number of fused-ring (bicyclic) bond motifs is 3. The van der Waals surface area contributed by atoms with E-state index in [4.69, 9.17) is 4.74 Å². The van der Waals surface area contributed by atoms with Crippen molar-refractivity contribution in [3.05, 3.63) is 35.5 Å². The molecule has 1 unspecified atom stereocenters. The van der Waals surface area contributed by atoms with Crippen molar-refractivity contribution < 1.29 is 13.2 Å². The standard InChI is InChI=1S/C19H28N2O3S/c1-20(2)10-5-11-21-18-6-4-12-25(22,23)13-9-16(18)17-14-15(24-3)7-8-19(17)21/h6-8,14,16H,4-5,9-13H2,1-3H3/b18-6+. The lowest BCUT2D eigenvalue weighted by Crippen LogP contribution is -2.26. The Bertz CT molecular complexity index is 756. The molecule has 2 heterocycles. The molecule has 0 bridgehead atoms. The maximum absolute atomic E-state index is 12.1. The van der Waals surface area contributed by atoms with E-state index in [0.717, 1.165) is 25.3 Å². The average Bonchev–Trinajstić information content (AvgIpc) is 2.83. The zero-order valence-electron chi connectivity index (χ0n) is 15.4. The molecule has 0 amide bonds. The summed E-state index contributed by atoms with van der Waals surface area (Å²) in [6, 6.07) is 6.19. The largest absolute Gasteiger partial charge is 0.497 e. The van der Waals surface area contributed by atoms with Crippen LogP contribution in [0.2, 0.25) is 0 Å². The summed E-state index contributed by atoms with van der Waals surface area (Å²) in [5.41, 5.74) is 3.68. The molecule has 0 saturated heterocycles. The Morgan fingerprint density at radius 2 is 2.08 bits per heavy atom. The first kappa shape index (κ1) is 18.3. The van der Waals surface area contributed by atoms with Crippen molar-refractivity contribution in [2.45, 2.75) is 25.2 Å². The maximum Gasteiger partial charge on any atom is 0.150 e. The van der Waals surface area contributed by atoms with Gasteiger partial charge in [-0.1, -0.05) is 6.08 Å². The van der Waals surface area contributed by atoms with Gasteiger partial charge in [-0.3, -0.25) is 0 Å². The first-order chi connectivity index (χ1) is 11.9. The van der Waals surface area contributed by atoms with Crippen LogP contribution in [0.25, 0.3) is 0 Å². The molecule has 0 saturated carbocycles. The number of benzene rings is 1. The van der Waals surface area contributed by atoms with E-state index in [0.29, 0.717) is 12.8 Å². The predicted octanol–water partition coefficient (Wildman–Crippen LogP) is 2.64. The molecule has 0 spiro atoms. The van der Waals surface area contributed by atoms with Gasteiger partial charge in [0.05, 0.1) is 18.6 Å². The van der Waals surface area contributed by atoms with Crippen molar-refractivity contribution in [3.63, 3.8) is 0 Å². The third-order valence-electron chi connectivity index (χ3n) is 5.06. The van der Waals surface area contributed by atoms with Crippen LogP contribution < -0.4 is 9.64 Å². The second-order valence-corrected chi connectivity index (χ2v) is 9.45. The number of hydrogen-bond donors (Lipinski definition) is 0. The molecule has 6 heteroatoms. The predicted molar refractivity (Wildman–Crippen MR) is 102 cm³/mol. The quantitative estimate of drug-likeness (QED) is 0.804. The van der Waals surface area contributed by atoms with Gasteiger partial charge >= 0.3 is 0 Å². The van der Waals surface area contributed by atoms with Gasteiger partial charge in [-0.05, 0) is 63.7 Å². The van der Waals surface area contributed by atoms with Gasteiger partial charge in [-0.25, -0.2) is 8.42 Å². The van der Waals surface area contributed by atoms with Gasteiger partial charge in [0.15, 0.2) is 9.84 Å². The van der Waals surface area contributed by atoms with Crippen molar-refractivity contribution >= 4 is 15.5 Å². The van der Waals surface area contributed by atoms with E-state index in [1.54, 1.807) is 7.11 Å². The second-order valence-electron chi connectivity index (χ2n) is 7.14. The summed E-state index contributed by atoms with van der Waals surface area (Å²) in [5.74, 6) is 1.50. The Kier molecular flexibility index (Phi) is 5.39. The molecule has 1 aromatic rings. The molecule has 0 aliphatic carbocycles. The van der Waals surface area contributed by atoms with Crippen LogP contribution in [0.5, 0.6) is 5.75 Å². The van der Waals surface area contributed by atoms with Crippen molar-refractivity contribution in [1.29, 1.82) is 0 Å². The number of ether oxygens (including phenoxy) is 1. The zero-order chi connectivity index (χ0) is 18.0. The van der Waals surface area contributed by atoms with Gasteiger partial charge in [0.2, 0.25) is 0 Å². The van der Waals surface area contributed by atoms with Crippen LogP contribution in [-0.4, -0.2) is 59.1 Å². The Morgan fingerprint density at radius 1 is 1.28 bits per heavy atom. The van der Waals surface area contributed by atoms with Gasteiger partial charge in [0.1, 0.15) is 5.75 Å². The van der Waals surface area contributed by atoms with E-state index in [-0.39, 0.29) is 17.4 Å². The molecule has 0 N–H and O–H groups in total. The minimum absolute atomic E-state index is 0.152. The Balaban J connectivity index is 1.95. The molecule has 5 nitrogen and oxygen atoms in total. The van der Waals surface area contributed by atoms with Crippen LogP contribution in [-0.2, 0) is 9.84 Å². The van der Waals surface area contributed by atoms with Crippen LogP contribution >= 0.6 is 0 Å². The molecule has 138 valence electrons. The lowest BCUT2D eigenvalue weighted by molar-refractivity contribution is 0.402. The minimum atomic E-state index is -2.95. The highest BCUT2D eigenvalue weighted by Crippen LogP contribution is 2.47. The summed E-state index contributed by atoms with van der Waals surface area (Å²) in [7, 11) is 2.90. The van der Waals surface area contributed by atoms with Crippen LogP contribution in [0, 0.1) is 0 Å². The van der Waals surface area contributed by atoms with Crippen molar-refractivity contribution in [2.75, 3.05) is 50.7 Å². The topological polar surface area (TPSA) is 49.9 Å². The summed E-state index contributed by atoms with van der Waals surface area (Å²) in [6.45, 7) is 1.99. The highest BCUT2D eigenvalue weighted by molar-refractivity contribution is 7.91. The lowest BCUT2D eigenvalue weighted by atomic mass is 9.95. The first-order valence-corrected chi connectivity index (χ1v) is 10.7. The molecular weight excluding hydrogens is 336 g/mol. The highest BCUT2D eigenvalue weighted by atomic mass is 32.2. The minimum Gasteiger partial charge on any atom is -0.497 e. The van der Waals surface area contributed by atoms with E-state index >= 15 is 0 Å². The Labute approximate surface area is 151 Å². The lowest BCUT2D eigenvalue weighted by Gasteiger charge is -2.25. The van der Waals surface area contributed by atoms with E-state index in [1.807, 2.05) is 6.07 Å². The summed E-state index contributed by atoms with van der Waals surface area (Å²) < 4.78 is 29.6. The molecule has 25 heavy (non-hydrogen) atoms. The second kappa shape index (κ2) is 7.38. The molecule has 0 fully saturated rings. The number of hydrogen-bond acceptors (Lipinski definition) is 5. The summed E-state index contributed by atoms with van der Waals surface area (Å²) in [6.07, 6.45) is 4.46. The Morgan fingerprint density at radius 3 is 2.80 bits per heavy atom. The van der Waals surface area contributed by atoms with E-state index in [9.17, 15) is 8.42 Å². The number of allylic oxidation sites excluding steroid dienone is 2. The van der Waals surface area contributed by atoms with Crippen LogP contribution in [0.3, 0.4) is 0 Å². The van der Waals surface area contributed by atoms with Crippen molar-refractivity contribution in [3.8, 4) is 5.75 Å². The fourth-order valence-corrected chi connectivity index (χ4v) is 5.08. The van der Waals surface area contributed by atoms with Gasteiger partial charge in [-0.15, -0.1) is 0 Å². The number of sulfone groups is 1. The summed E-state index contributed by atoms with van der Waals surface area (Å²) >= 11 is 0. The van der Waals surface area contributed by atoms with E-state index < -0.39 is 9.84 Å². The number of methoxy groups -OCH3 is 1. The number of anilines is 1. The Hall–Kier alpha value is -1.53. The normalized spacial score (nSPS) is 24.1. The van der Waals surface area contributed by atoms with Crippen molar-refractivity contribution in [1.82, 2.24) is 4.90 Å². The smallest absolute Gasteiger partial charge is 0.150 e. The molecule has 2 aliphatic heterocycles. The molecule has 0 aromatic heterocycles. The SMILES string of the molecule is COc1ccc2c(c1)C1CCS(=O)(=O)CC/C=C\1N2CCCN(C)C. The third kappa shape index (κ3) is 4.01. The van der Waals surface area contributed by atoms with Gasteiger partial charge in [-0.2, -0.15) is 0 Å². The maximum atomic E-state index is 12.1. The van der Waals surface area contributed by atoms with Gasteiger partial charge in [0.25, 0.3) is 0 Å². The molecular formula is C19H28N2O3S. The zero-order valence-corrected chi connectivity index (χ0v) is 16.2. The monoisotopic (exact) mass is 364 g/mol. The number of rotatable bonds is 5. The fourth-order valence-electron chi connectivity index (χ4n) is 3.81. The third-order valence-corrected chi connectivity index (χ3v) is 6.77. The average molecular weight is 365 g/mol. The van der Waals surface area contributed by atoms with Crippen LogP contribution in [0.1, 0.15) is 30.7 Å².